The number of nitrogens with zero attached hydrogens (tertiary/aromatic N) is 1. The minimum absolute atomic E-state index is 0.378. The van der Waals surface area contributed by atoms with Crippen LogP contribution in [0.1, 0.15) is 31.9 Å². The Morgan fingerprint density at radius 1 is 1.25 bits per heavy atom. The molecule has 0 fully saturated rings. The predicted octanol–water partition coefficient (Wildman–Crippen LogP) is 3.21. The highest BCUT2D eigenvalue weighted by molar-refractivity contribution is 5.54. The van der Waals surface area contributed by atoms with Crippen LogP contribution in [0.3, 0.4) is 0 Å². The van der Waals surface area contributed by atoms with Gasteiger partial charge in [-0.05, 0) is 43.5 Å². The van der Waals surface area contributed by atoms with Crippen LogP contribution in [0.5, 0.6) is 0 Å². The van der Waals surface area contributed by atoms with Gasteiger partial charge in [0.15, 0.2) is 0 Å². The minimum atomic E-state index is 0.378. The molecule has 1 N–H and O–H groups in total. The molecule has 0 aromatic heterocycles. The second-order valence-electron chi connectivity index (χ2n) is 6.06. The summed E-state index contributed by atoms with van der Waals surface area (Å²) in [6.07, 6.45) is 0. The zero-order valence-corrected chi connectivity index (χ0v) is 13.9. The molecule has 0 saturated carbocycles. The summed E-state index contributed by atoms with van der Waals surface area (Å²) in [6.45, 7) is 11.6. The van der Waals surface area contributed by atoms with Crippen LogP contribution in [0.4, 0.5) is 5.69 Å². The maximum Gasteiger partial charge on any atom is 0.0663 e. The smallest absolute Gasteiger partial charge is 0.0663 e. The number of anilines is 1. The first-order valence-electron chi connectivity index (χ1n) is 7.47. The molecule has 0 bridgehead atoms. The van der Waals surface area contributed by atoms with Gasteiger partial charge < -0.3 is 15.0 Å². The van der Waals surface area contributed by atoms with Gasteiger partial charge in [0.05, 0.1) is 6.61 Å². The molecule has 1 rings (SSSR count). The Bertz CT molecular complexity index is 404. The Kier molecular flexibility index (Phi) is 7.03. The van der Waals surface area contributed by atoms with Crippen molar-refractivity contribution in [3.63, 3.8) is 0 Å². The molecule has 3 nitrogen and oxygen atoms in total. The van der Waals surface area contributed by atoms with Gasteiger partial charge in [-0.1, -0.05) is 26.0 Å². The maximum absolute atomic E-state index is 5.23. The number of benzene rings is 1. The van der Waals surface area contributed by atoms with Crippen LogP contribution in [0, 0.1) is 12.8 Å². The van der Waals surface area contributed by atoms with E-state index < -0.39 is 0 Å². The van der Waals surface area contributed by atoms with E-state index in [4.69, 9.17) is 4.74 Å². The summed E-state index contributed by atoms with van der Waals surface area (Å²) in [5.41, 5.74) is 3.95. The Morgan fingerprint density at radius 3 is 2.50 bits per heavy atom. The molecular weight excluding hydrogens is 248 g/mol. The zero-order valence-electron chi connectivity index (χ0n) is 13.9. The molecule has 1 aromatic rings. The second-order valence-corrected chi connectivity index (χ2v) is 6.06. The Labute approximate surface area is 124 Å². The van der Waals surface area contributed by atoms with Crippen molar-refractivity contribution in [3.05, 3.63) is 29.3 Å². The van der Waals surface area contributed by atoms with Crippen molar-refractivity contribution in [2.75, 3.05) is 32.2 Å². The summed E-state index contributed by atoms with van der Waals surface area (Å²) in [4.78, 5) is 2.28. The van der Waals surface area contributed by atoms with Gasteiger partial charge in [0, 0.05) is 32.4 Å². The molecule has 0 amide bonds. The summed E-state index contributed by atoms with van der Waals surface area (Å²) in [6, 6.07) is 7.08. The molecule has 1 unspecified atom stereocenters. The van der Waals surface area contributed by atoms with Gasteiger partial charge >= 0.3 is 0 Å². The van der Waals surface area contributed by atoms with Crippen molar-refractivity contribution in [2.45, 2.75) is 40.3 Å². The number of rotatable bonds is 8. The quantitative estimate of drug-likeness (QED) is 0.790. The van der Waals surface area contributed by atoms with Crippen molar-refractivity contribution in [2.24, 2.45) is 5.92 Å². The first-order chi connectivity index (χ1) is 9.45. The predicted molar refractivity (Wildman–Crippen MR) is 87.5 cm³/mol. The van der Waals surface area contributed by atoms with Gasteiger partial charge in [0.2, 0.25) is 0 Å². The van der Waals surface area contributed by atoms with Crippen LogP contribution in [0.2, 0.25) is 0 Å². The third-order valence-corrected chi connectivity index (χ3v) is 3.59. The van der Waals surface area contributed by atoms with Gasteiger partial charge in [-0.25, -0.2) is 0 Å². The summed E-state index contributed by atoms with van der Waals surface area (Å²) < 4.78 is 5.23. The molecule has 0 radical (unpaired) electrons. The van der Waals surface area contributed by atoms with E-state index in [0.29, 0.717) is 12.0 Å². The van der Waals surface area contributed by atoms with Crippen molar-refractivity contribution in [1.29, 1.82) is 0 Å². The Hall–Kier alpha value is -1.06. The number of ether oxygens (including phenoxy) is 1. The molecule has 1 aromatic carbocycles. The maximum atomic E-state index is 5.23. The normalized spacial score (nSPS) is 12.8. The van der Waals surface area contributed by atoms with E-state index >= 15 is 0 Å². The Morgan fingerprint density at radius 2 is 1.95 bits per heavy atom. The average molecular weight is 278 g/mol. The van der Waals surface area contributed by atoms with Crippen molar-refractivity contribution < 1.29 is 4.74 Å². The number of hydrogen-bond donors (Lipinski definition) is 1. The fourth-order valence-corrected chi connectivity index (χ4v) is 2.32. The van der Waals surface area contributed by atoms with Crippen molar-refractivity contribution >= 4 is 5.69 Å². The van der Waals surface area contributed by atoms with E-state index in [0.717, 1.165) is 19.7 Å². The number of likely N-dealkylation sites (N-methyl/N-ethyl adjacent to an activating group) is 1. The third kappa shape index (κ3) is 5.14. The molecule has 114 valence electrons. The van der Waals surface area contributed by atoms with Crippen LogP contribution in [-0.2, 0) is 11.3 Å². The van der Waals surface area contributed by atoms with Gasteiger partial charge in [-0.2, -0.15) is 0 Å². The first kappa shape index (κ1) is 17.0. The van der Waals surface area contributed by atoms with Gasteiger partial charge in [0.25, 0.3) is 0 Å². The summed E-state index contributed by atoms with van der Waals surface area (Å²) in [5.74, 6) is 0.691. The van der Waals surface area contributed by atoms with Gasteiger partial charge in [-0.15, -0.1) is 0 Å². The molecule has 0 aliphatic rings. The summed E-state index contributed by atoms with van der Waals surface area (Å²) in [7, 11) is 3.88. The molecule has 0 aliphatic carbocycles. The number of hydrogen-bond acceptors (Lipinski definition) is 3. The third-order valence-electron chi connectivity index (χ3n) is 3.59. The molecule has 0 aliphatic heterocycles. The minimum Gasteiger partial charge on any atom is -0.383 e. The monoisotopic (exact) mass is 278 g/mol. The lowest BCUT2D eigenvalue weighted by molar-refractivity contribution is 0.183. The molecular formula is C17H30N2O. The van der Waals surface area contributed by atoms with E-state index in [2.05, 4.69) is 63.2 Å². The van der Waals surface area contributed by atoms with E-state index in [1.54, 1.807) is 7.11 Å². The molecule has 20 heavy (non-hydrogen) atoms. The lowest BCUT2D eigenvalue weighted by Crippen LogP contribution is -2.33. The van der Waals surface area contributed by atoms with Crippen molar-refractivity contribution in [1.82, 2.24) is 5.32 Å². The lowest BCUT2D eigenvalue weighted by Gasteiger charge is -2.28. The Balaban J connectivity index is 2.67. The lowest BCUT2D eigenvalue weighted by atomic mass is 10.1. The van der Waals surface area contributed by atoms with Crippen LogP contribution < -0.4 is 10.2 Å². The molecule has 0 heterocycles. The highest BCUT2D eigenvalue weighted by Crippen LogP contribution is 2.22. The molecule has 0 saturated heterocycles. The topological polar surface area (TPSA) is 24.5 Å². The van der Waals surface area contributed by atoms with Crippen LogP contribution >= 0.6 is 0 Å². The van der Waals surface area contributed by atoms with Gasteiger partial charge in [0.1, 0.15) is 0 Å². The average Bonchev–Trinajstić information content (AvgIpc) is 2.38. The van der Waals surface area contributed by atoms with E-state index in [-0.39, 0.29) is 0 Å². The van der Waals surface area contributed by atoms with Crippen LogP contribution in [0.15, 0.2) is 18.2 Å². The molecule has 1 atom stereocenters. The zero-order chi connectivity index (χ0) is 15.1. The molecule has 0 spiro atoms. The van der Waals surface area contributed by atoms with E-state index in [9.17, 15) is 0 Å². The number of aryl methyl sites for hydroxylation is 1. The number of methoxy groups -OCH3 is 1. The SMILES string of the molecule is COCC(C)N(C)c1ccc(CNCC(C)C)cc1C. The fraction of sp³-hybridized carbons (Fsp3) is 0.647. The van der Waals surface area contributed by atoms with Crippen molar-refractivity contribution in [3.8, 4) is 0 Å². The van der Waals surface area contributed by atoms with Crippen LogP contribution in [-0.4, -0.2) is 33.4 Å². The fourth-order valence-electron chi connectivity index (χ4n) is 2.32. The van der Waals surface area contributed by atoms with Crippen LogP contribution in [0.25, 0.3) is 0 Å². The highest BCUT2D eigenvalue weighted by atomic mass is 16.5. The first-order valence-corrected chi connectivity index (χ1v) is 7.47. The van der Waals surface area contributed by atoms with Gasteiger partial charge in [-0.3, -0.25) is 0 Å². The van der Waals surface area contributed by atoms with E-state index in [1.165, 1.54) is 16.8 Å². The second kappa shape index (κ2) is 8.28. The summed E-state index contributed by atoms with van der Waals surface area (Å²) in [5, 5.41) is 3.49. The molecule has 3 heteroatoms. The number of nitrogens with one attached hydrogen (secondary N) is 1. The standard InChI is InChI=1S/C17H30N2O/c1-13(2)10-18-11-16-7-8-17(14(3)9-16)19(5)15(4)12-20-6/h7-9,13,15,18H,10-12H2,1-6H3. The van der Waals surface area contributed by atoms with E-state index in [1.807, 2.05) is 0 Å². The largest absolute Gasteiger partial charge is 0.383 e. The highest BCUT2D eigenvalue weighted by Gasteiger charge is 2.12. The summed E-state index contributed by atoms with van der Waals surface area (Å²) >= 11 is 0.